The normalized spacial score (nSPS) is 11.3. The second-order valence-corrected chi connectivity index (χ2v) is 5.95. The van der Waals surface area contributed by atoms with E-state index in [9.17, 15) is 9.90 Å². The van der Waals surface area contributed by atoms with E-state index in [-0.39, 0.29) is 17.7 Å². The van der Waals surface area contributed by atoms with Gasteiger partial charge in [-0.25, -0.2) is 0 Å². The van der Waals surface area contributed by atoms with E-state index in [2.05, 4.69) is 20.5 Å². The fourth-order valence-electron chi connectivity index (χ4n) is 2.72. The van der Waals surface area contributed by atoms with Crippen molar-refractivity contribution in [1.29, 1.82) is 0 Å². The summed E-state index contributed by atoms with van der Waals surface area (Å²) in [6.07, 6.45) is 5.36. The zero-order chi connectivity index (χ0) is 18.6. The molecule has 2 aromatic heterocycles. The van der Waals surface area contributed by atoms with Crippen molar-refractivity contribution >= 4 is 28.9 Å². The van der Waals surface area contributed by atoms with E-state index in [1.54, 1.807) is 30.3 Å². The molecule has 0 aliphatic carbocycles. The molecule has 0 atom stereocenters. The lowest BCUT2D eigenvalue weighted by molar-refractivity contribution is -0.112. The van der Waals surface area contributed by atoms with Crippen LogP contribution >= 0.6 is 0 Å². The second-order valence-electron chi connectivity index (χ2n) is 5.95. The summed E-state index contributed by atoms with van der Waals surface area (Å²) in [4.78, 5) is 15.2. The number of rotatable bonds is 5. The first-order valence-electron chi connectivity index (χ1n) is 8.33. The minimum absolute atomic E-state index is 0.0465. The summed E-state index contributed by atoms with van der Waals surface area (Å²) in [6.45, 7) is 0. The van der Waals surface area contributed by atoms with Gasteiger partial charge in [0.15, 0.2) is 0 Å². The Labute approximate surface area is 154 Å². The van der Waals surface area contributed by atoms with Gasteiger partial charge >= 0.3 is 6.01 Å². The Balaban J connectivity index is 1.40. The molecule has 7 nitrogen and oxygen atoms in total. The molecule has 0 bridgehead atoms. The van der Waals surface area contributed by atoms with Crippen LogP contribution in [0.2, 0.25) is 0 Å². The van der Waals surface area contributed by atoms with Gasteiger partial charge in [-0.05, 0) is 35.4 Å². The molecule has 0 saturated heterocycles. The average molecular weight is 360 g/mol. The van der Waals surface area contributed by atoms with E-state index in [1.807, 2.05) is 30.5 Å². The largest absolute Gasteiger partial charge is 0.508 e. The van der Waals surface area contributed by atoms with Crippen LogP contribution in [0.25, 0.3) is 17.0 Å². The average Bonchev–Trinajstić information content (AvgIpc) is 3.29. The number of benzene rings is 2. The van der Waals surface area contributed by atoms with Gasteiger partial charge in [-0.3, -0.25) is 10.1 Å². The van der Waals surface area contributed by atoms with Crippen molar-refractivity contribution in [3.63, 3.8) is 0 Å². The third-order valence-corrected chi connectivity index (χ3v) is 4.03. The van der Waals surface area contributed by atoms with E-state index < -0.39 is 0 Å². The number of carbonyl (C=O) groups is 1. The maximum absolute atomic E-state index is 12.0. The zero-order valence-corrected chi connectivity index (χ0v) is 14.2. The number of nitrogens with one attached hydrogen (secondary N) is 2. The van der Waals surface area contributed by atoms with Crippen LogP contribution in [0.4, 0.5) is 6.01 Å². The lowest BCUT2D eigenvalue weighted by Gasteiger charge is -1.96. The van der Waals surface area contributed by atoms with Crippen LogP contribution in [-0.2, 0) is 11.2 Å². The summed E-state index contributed by atoms with van der Waals surface area (Å²) in [6, 6.07) is 14.5. The van der Waals surface area contributed by atoms with E-state index in [0.29, 0.717) is 12.3 Å². The summed E-state index contributed by atoms with van der Waals surface area (Å²) in [5.41, 5.74) is 2.87. The second kappa shape index (κ2) is 7.17. The predicted molar refractivity (Wildman–Crippen MR) is 101 cm³/mol. The predicted octanol–water partition coefficient (Wildman–Crippen LogP) is 3.50. The number of amides is 1. The summed E-state index contributed by atoms with van der Waals surface area (Å²) in [7, 11) is 0. The van der Waals surface area contributed by atoms with Crippen LogP contribution in [0.5, 0.6) is 5.75 Å². The minimum Gasteiger partial charge on any atom is -0.508 e. The van der Waals surface area contributed by atoms with E-state index >= 15 is 0 Å². The molecule has 0 aliphatic heterocycles. The molecule has 4 aromatic rings. The molecule has 0 spiro atoms. The number of H-pyrrole nitrogens is 1. The monoisotopic (exact) mass is 360 g/mol. The van der Waals surface area contributed by atoms with Crippen molar-refractivity contribution in [2.75, 3.05) is 5.32 Å². The number of hydrogen-bond donors (Lipinski definition) is 3. The number of para-hydroxylation sites is 1. The molecule has 0 fully saturated rings. The molecule has 0 saturated carbocycles. The quantitative estimate of drug-likeness (QED) is 0.473. The van der Waals surface area contributed by atoms with Crippen molar-refractivity contribution in [2.45, 2.75) is 6.42 Å². The maximum Gasteiger partial charge on any atom is 0.322 e. The number of nitrogens with zero attached hydrogens (tertiary/aromatic N) is 2. The van der Waals surface area contributed by atoms with Crippen LogP contribution in [-0.4, -0.2) is 26.2 Å². The zero-order valence-electron chi connectivity index (χ0n) is 14.2. The number of aromatic amines is 1. The standard InChI is InChI=1S/C20H16N4O3/c25-15-8-5-13(6-9-15)7-10-18(26)22-20-24-23-19(27-20)11-14-12-21-17-4-2-1-3-16(14)17/h1-10,12,21,25H,11H2,(H,22,24,26)/b10-7+. The molecule has 27 heavy (non-hydrogen) atoms. The molecule has 2 aromatic carbocycles. The van der Waals surface area contributed by atoms with Crippen LogP contribution in [0.1, 0.15) is 17.0 Å². The van der Waals surface area contributed by atoms with Crippen LogP contribution in [0.15, 0.2) is 65.2 Å². The van der Waals surface area contributed by atoms with E-state index in [1.165, 1.54) is 6.08 Å². The summed E-state index contributed by atoms with van der Waals surface area (Å²) in [5, 5.41) is 20.7. The number of phenols is 1. The summed E-state index contributed by atoms with van der Waals surface area (Å²) >= 11 is 0. The van der Waals surface area contributed by atoms with Gasteiger partial charge in [0.1, 0.15) is 5.75 Å². The molecule has 0 radical (unpaired) electrons. The molecule has 0 unspecified atom stereocenters. The third kappa shape index (κ3) is 3.87. The van der Waals surface area contributed by atoms with Crippen molar-refractivity contribution in [3.05, 3.63) is 77.8 Å². The maximum atomic E-state index is 12.0. The Bertz CT molecular complexity index is 1110. The van der Waals surface area contributed by atoms with Gasteiger partial charge < -0.3 is 14.5 Å². The first-order valence-corrected chi connectivity index (χ1v) is 8.33. The highest BCUT2D eigenvalue weighted by Crippen LogP contribution is 2.21. The molecular formula is C20H16N4O3. The van der Waals surface area contributed by atoms with Gasteiger partial charge in [-0.15, -0.1) is 5.10 Å². The summed E-state index contributed by atoms with van der Waals surface area (Å²) in [5.74, 6) is 0.202. The van der Waals surface area contributed by atoms with Gasteiger partial charge in [0.2, 0.25) is 5.89 Å². The molecule has 1 amide bonds. The molecule has 2 heterocycles. The molecule has 4 rings (SSSR count). The number of aromatic hydroxyl groups is 1. The fraction of sp³-hybridized carbons (Fsp3) is 0.0500. The van der Waals surface area contributed by atoms with Crippen LogP contribution in [0, 0.1) is 0 Å². The van der Waals surface area contributed by atoms with Gasteiger partial charge in [0.25, 0.3) is 5.91 Å². The fourth-order valence-corrected chi connectivity index (χ4v) is 2.72. The number of phenolic OH excluding ortho intramolecular Hbond substituents is 1. The Morgan fingerprint density at radius 1 is 1.15 bits per heavy atom. The lowest BCUT2D eigenvalue weighted by atomic mass is 10.1. The van der Waals surface area contributed by atoms with Gasteiger partial charge in [0, 0.05) is 23.2 Å². The first kappa shape index (κ1) is 16.6. The highest BCUT2D eigenvalue weighted by molar-refractivity contribution is 6.00. The van der Waals surface area contributed by atoms with Crippen molar-refractivity contribution in [2.24, 2.45) is 0 Å². The van der Waals surface area contributed by atoms with Crippen molar-refractivity contribution < 1.29 is 14.3 Å². The first-order chi connectivity index (χ1) is 13.2. The van der Waals surface area contributed by atoms with Crippen LogP contribution in [0.3, 0.4) is 0 Å². The number of aromatic nitrogens is 3. The molecule has 0 aliphatic rings. The highest BCUT2D eigenvalue weighted by atomic mass is 16.4. The topological polar surface area (TPSA) is 104 Å². The Kier molecular flexibility index (Phi) is 4.40. The van der Waals surface area contributed by atoms with Crippen LogP contribution < -0.4 is 5.32 Å². The SMILES string of the molecule is O=C(/C=C/c1ccc(O)cc1)Nc1nnc(Cc2c[nH]c3ccccc23)o1. The van der Waals surface area contributed by atoms with Crippen molar-refractivity contribution in [1.82, 2.24) is 15.2 Å². The van der Waals surface area contributed by atoms with Crippen molar-refractivity contribution in [3.8, 4) is 5.75 Å². The minimum atomic E-state index is -0.384. The summed E-state index contributed by atoms with van der Waals surface area (Å²) < 4.78 is 5.51. The number of anilines is 1. The molecular weight excluding hydrogens is 344 g/mol. The Hall–Kier alpha value is -3.87. The van der Waals surface area contributed by atoms with Gasteiger partial charge in [-0.2, -0.15) is 0 Å². The highest BCUT2D eigenvalue weighted by Gasteiger charge is 2.11. The number of fused-ring (bicyclic) bond motifs is 1. The Morgan fingerprint density at radius 2 is 1.96 bits per heavy atom. The molecule has 3 N–H and O–H groups in total. The molecule has 134 valence electrons. The number of carbonyl (C=O) groups excluding carboxylic acids is 1. The Morgan fingerprint density at radius 3 is 2.81 bits per heavy atom. The van der Waals surface area contributed by atoms with Gasteiger partial charge in [-0.1, -0.05) is 35.4 Å². The lowest BCUT2D eigenvalue weighted by Crippen LogP contribution is -2.07. The van der Waals surface area contributed by atoms with Gasteiger partial charge in [0.05, 0.1) is 6.42 Å². The molecule has 7 heteroatoms. The smallest absolute Gasteiger partial charge is 0.322 e. The number of hydrogen-bond acceptors (Lipinski definition) is 5. The van der Waals surface area contributed by atoms with E-state index in [0.717, 1.165) is 22.0 Å². The van der Waals surface area contributed by atoms with E-state index in [4.69, 9.17) is 4.42 Å². The third-order valence-electron chi connectivity index (χ3n) is 4.03.